The van der Waals surface area contributed by atoms with Gasteiger partial charge in [0.2, 0.25) is 12.6 Å². The van der Waals surface area contributed by atoms with Gasteiger partial charge in [0.15, 0.2) is 24.4 Å². The van der Waals surface area contributed by atoms with Crippen LogP contribution in [0, 0.1) is 69.1 Å². The maximum atomic E-state index is 11.3. The average Bonchev–Trinajstić information content (AvgIpc) is 3.57. The van der Waals surface area contributed by atoms with Crippen LogP contribution < -0.4 is 0 Å². The highest BCUT2D eigenvalue weighted by Gasteiger charge is 2.32. The molecule has 460 valence electrons. The van der Waals surface area contributed by atoms with Crippen molar-refractivity contribution in [2.24, 2.45) is 0 Å². The standard InChI is InChI=1S/C13H17NO5.C11H13NO5.C9H13NO4.C8H11NO4.C7H9NO3.C6H7NO3/c1-9(2)11(15)17-6-13(5,19-8-14)7-18-12(16)10(3)4;1-4-9(13)15-6-11(3,17-8-12)7-16-10(14)5-2;1-4-13-8(5-12-6-10)14-9(11)7(2)3;1-3-7(10)13-8(12-4-2)5-11-6-9;1-6(2)7(9)11-4-3-10-5-8;1-2-6(8)10-4-3-9-5-7/h1,3,6-7H2,2,4-5H3;4-5H,1-2,6-7H2,3H3;8H,2,4-5H2,1,3H3;3,8H,1,4-5H2,2H3;1,3-4H2,2H3;2H,1,3-4H2. The molecule has 0 aromatic rings. The zero-order chi connectivity index (χ0) is 66.0. The van der Waals surface area contributed by atoms with Gasteiger partial charge in [0.1, 0.15) is 52.9 Å². The summed E-state index contributed by atoms with van der Waals surface area (Å²) in [6.45, 7) is 38.8. The normalized spacial score (nSPS) is 9.74. The lowest BCUT2D eigenvalue weighted by atomic mass is 10.1. The van der Waals surface area contributed by atoms with Gasteiger partial charge in [-0.3, -0.25) is 0 Å². The lowest BCUT2D eigenvalue weighted by Crippen LogP contribution is -2.40. The molecular formula is C54H70N6O24. The number of esters is 8. The summed E-state index contributed by atoms with van der Waals surface area (Å²) in [4.78, 5) is 86.9. The molecule has 0 spiro atoms. The van der Waals surface area contributed by atoms with Crippen molar-refractivity contribution in [3.63, 3.8) is 0 Å². The van der Waals surface area contributed by atoms with E-state index in [-0.39, 0.29) is 82.8 Å². The van der Waals surface area contributed by atoms with Crippen molar-refractivity contribution in [2.75, 3.05) is 79.3 Å². The van der Waals surface area contributed by atoms with Crippen LogP contribution in [0.2, 0.25) is 0 Å². The Morgan fingerprint density at radius 1 is 0.405 bits per heavy atom. The van der Waals surface area contributed by atoms with E-state index in [0.29, 0.717) is 18.8 Å². The zero-order valence-electron chi connectivity index (χ0n) is 48.1. The van der Waals surface area contributed by atoms with E-state index in [1.54, 1.807) is 20.8 Å². The predicted octanol–water partition coefficient (Wildman–Crippen LogP) is 4.54. The van der Waals surface area contributed by atoms with Gasteiger partial charge >= 0.3 is 47.8 Å². The van der Waals surface area contributed by atoms with Crippen LogP contribution in [0.15, 0.2) is 99.2 Å². The van der Waals surface area contributed by atoms with Gasteiger partial charge in [0, 0.05) is 59.8 Å². The van der Waals surface area contributed by atoms with Gasteiger partial charge in [-0.15, -0.1) is 0 Å². The SMILES string of the molecule is C=C(C)C(=O)OC(COC#N)OCC.C=C(C)C(=O)OCC(C)(COC(=O)C(=C)C)OC#N.C=C(C)C(=O)OCCOC#N.C=CC(=O)OC(COC#N)OCC.C=CC(=O)OCC(C)(COC(=O)C=C)OC#N.C=CC(=O)OCCOC#N. The van der Waals surface area contributed by atoms with Crippen LogP contribution >= 0.6 is 0 Å². The lowest BCUT2D eigenvalue weighted by molar-refractivity contribution is -0.181. The third-order valence-corrected chi connectivity index (χ3v) is 7.44. The number of hydrogen-bond donors (Lipinski definition) is 0. The van der Waals surface area contributed by atoms with Crippen molar-refractivity contribution in [1.29, 1.82) is 31.6 Å². The quantitative estimate of drug-likeness (QED) is 0.0213. The van der Waals surface area contributed by atoms with Gasteiger partial charge in [-0.05, 0) is 55.4 Å². The van der Waals surface area contributed by atoms with Crippen LogP contribution in [-0.4, -0.2) is 151 Å². The second-order valence-corrected chi connectivity index (χ2v) is 15.2. The first-order valence-corrected chi connectivity index (χ1v) is 23.5. The molecule has 84 heavy (non-hydrogen) atoms. The minimum absolute atomic E-state index is 0.0818. The Morgan fingerprint density at radius 2 is 0.702 bits per heavy atom. The molecule has 0 amide bonds. The first-order chi connectivity index (χ1) is 39.5. The number of hydrogen-bond acceptors (Lipinski definition) is 30. The number of carbonyl (C=O) groups is 8. The van der Waals surface area contributed by atoms with E-state index in [9.17, 15) is 38.4 Å². The minimum atomic E-state index is -1.25. The van der Waals surface area contributed by atoms with Crippen LogP contribution in [0.3, 0.4) is 0 Å². The molecule has 2 unspecified atom stereocenters. The summed E-state index contributed by atoms with van der Waals surface area (Å²) in [5, 5.41) is 49.0. The van der Waals surface area contributed by atoms with Gasteiger partial charge in [0.25, 0.3) is 37.5 Å². The van der Waals surface area contributed by atoms with Crippen LogP contribution in [0.25, 0.3) is 0 Å². The Balaban J connectivity index is -0.000000220. The van der Waals surface area contributed by atoms with E-state index < -0.39 is 71.5 Å². The molecule has 2 atom stereocenters. The third kappa shape index (κ3) is 56.1. The Kier molecular flexibility index (Phi) is 56.1. The molecule has 0 rings (SSSR count). The molecule has 0 saturated carbocycles. The highest BCUT2D eigenvalue weighted by Crippen LogP contribution is 2.14. The van der Waals surface area contributed by atoms with Crippen molar-refractivity contribution in [2.45, 2.75) is 79.2 Å². The van der Waals surface area contributed by atoms with Gasteiger partial charge < -0.3 is 75.8 Å². The predicted molar refractivity (Wildman–Crippen MR) is 285 cm³/mol. The third-order valence-electron chi connectivity index (χ3n) is 7.44. The minimum Gasteiger partial charge on any atom is -0.459 e. The molecule has 30 nitrogen and oxygen atoms in total. The molecule has 0 aliphatic rings. The Labute approximate surface area is 487 Å². The molecule has 0 radical (unpaired) electrons. The summed E-state index contributed by atoms with van der Waals surface area (Å²) in [7, 11) is 0. The van der Waals surface area contributed by atoms with Gasteiger partial charge in [-0.1, -0.05) is 52.6 Å². The Bertz CT molecular complexity index is 2380. The lowest BCUT2D eigenvalue weighted by Gasteiger charge is -2.25. The number of carbonyl (C=O) groups excluding carboxylic acids is 8. The highest BCUT2D eigenvalue weighted by atomic mass is 16.7. The average molecular weight is 1190 g/mol. The molecule has 0 saturated heterocycles. The molecule has 0 aromatic carbocycles. The van der Waals surface area contributed by atoms with E-state index in [4.69, 9.17) is 74.2 Å². The van der Waals surface area contributed by atoms with Crippen molar-refractivity contribution < 1.29 is 114 Å². The highest BCUT2D eigenvalue weighted by molar-refractivity contribution is 5.88. The second kappa shape index (κ2) is 55.6. The monoisotopic (exact) mass is 1190 g/mol. The fourth-order valence-electron chi connectivity index (χ4n) is 3.52. The van der Waals surface area contributed by atoms with Crippen LogP contribution in [0.5, 0.6) is 0 Å². The van der Waals surface area contributed by atoms with Crippen molar-refractivity contribution in [3.8, 4) is 37.5 Å². The van der Waals surface area contributed by atoms with E-state index in [0.717, 1.165) is 24.3 Å². The first kappa shape index (κ1) is 84.6. The van der Waals surface area contributed by atoms with Gasteiger partial charge in [-0.2, -0.15) is 31.6 Å². The molecule has 0 heterocycles. The summed E-state index contributed by atoms with van der Waals surface area (Å²) in [5.41, 5.74) is -1.43. The topological polar surface area (TPSA) is 427 Å². The number of nitrogens with zero attached hydrogens (tertiary/aromatic N) is 6. The molecule has 0 N–H and O–H groups in total. The first-order valence-electron chi connectivity index (χ1n) is 23.5. The van der Waals surface area contributed by atoms with Crippen LogP contribution in [0.1, 0.15) is 55.4 Å². The second-order valence-electron chi connectivity index (χ2n) is 15.2. The largest absolute Gasteiger partial charge is 0.459 e. The summed E-state index contributed by atoms with van der Waals surface area (Å²) in [6, 6.07) is 0. The summed E-state index contributed by atoms with van der Waals surface area (Å²) in [6.07, 6.45) is 11.1. The Hall–Kier alpha value is -10.7. The number of rotatable bonds is 34. The van der Waals surface area contributed by atoms with Gasteiger partial charge in [0.05, 0.1) is 0 Å². The van der Waals surface area contributed by atoms with Crippen LogP contribution in [0.4, 0.5) is 0 Å². The maximum Gasteiger partial charge on any atom is 0.335 e. The van der Waals surface area contributed by atoms with E-state index in [2.05, 4.69) is 85.8 Å². The molecule has 30 heteroatoms. The maximum absolute atomic E-state index is 11.3. The van der Waals surface area contributed by atoms with Crippen LogP contribution in [-0.2, 0) is 114 Å². The summed E-state index contributed by atoms with van der Waals surface area (Å²) < 4.78 is 74.5. The molecule has 0 bridgehead atoms. The van der Waals surface area contributed by atoms with E-state index in [1.807, 2.05) is 0 Å². The van der Waals surface area contributed by atoms with Crippen molar-refractivity contribution in [1.82, 2.24) is 0 Å². The summed E-state index contributed by atoms with van der Waals surface area (Å²) >= 11 is 0. The van der Waals surface area contributed by atoms with E-state index >= 15 is 0 Å². The molecule has 0 aliphatic carbocycles. The van der Waals surface area contributed by atoms with Crippen molar-refractivity contribution >= 4 is 47.8 Å². The van der Waals surface area contributed by atoms with Crippen molar-refractivity contribution in [3.05, 3.63) is 99.2 Å². The molecule has 0 fully saturated rings. The Morgan fingerprint density at radius 3 is 1.00 bits per heavy atom. The molecular weight excluding hydrogens is 1120 g/mol. The number of ether oxygens (including phenoxy) is 16. The van der Waals surface area contributed by atoms with Gasteiger partial charge in [-0.25, -0.2) is 38.4 Å². The van der Waals surface area contributed by atoms with E-state index in [1.165, 1.54) is 72.2 Å². The fraction of sp³-hybridized carbons (Fsp3) is 0.444. The fourth-order valence-corrected chi connectivity index (χ4v) is 3.52. The molecule has 0 aromatic heterocycles. The smallest absolute Gasteiger partial charge is 0.335 e. The molecule has 0 aliphatic heterocycles. The zero-order valence-corrected chi connectivity index (χ0v) is 48.1. The summed E-state index contributed by atoms with van der Waals surface area (Å²) in [5.74, 6) is -4.70. The number of nitriles is 6.